The minimum absolute atomic E-state index is 0.0189. The fourth-order valence-electron chi connectivity index (χ4n) is 3.17. The third-order valence-electron chi connectivity index (χ3n) is 4.14. The van der Waals surface area contributed by atoms with Crippen molar-refractivity contribution in [3.05, 3.63) is 11.8 Å². The number of primary sulfonamides is 1. The maximum atomic E-state index is 11.9. The molecule has 1 aliphatic carbocycles. The molecule has 2 aliphatic rings. The van der Waals surface area contributed by atoms with Crippen LogP contribution in [0, 0.1) is 11.8 Å². The first-order valence-corrected chi connectivity index (χ1v) is 8.46. The molecule has 0 unspecified atom stereocenters. The van der Waals surface area contributed by atoms with Crippen LogP contribution in [0.15, 0.2) is 16.8 Å². The van der Waals surface area contributed by atoms with Gasteiger partial charge in [0.2, 0.25) is 21.8 Å². The van der Waals surface area contributed by atoms with Gasteiger partial charge in [-0.25, -0.2) is 18.4 Å². The Balaban J connectivity index is 2.41. The average Bonchev–Trinajstić information content (AvgIpc) is 2.69. The Hall–Kier alpha value is -2.31. The summed E-state index contributed by atoms with van der Waals surface area (Å²) in [6, 6.07) is 0. The van der Waals surface area contributed by atoms with Gasteiger partial charge < -0.3 is 21.3 Å². The number of primary amides is 1. The van der Waals surface area contributed by atoms with Gasteiger partial charge in [-0.1, -0.05) is 0 Å². The van der Waals surface area contributed by atoms with Crippen LogP contribution in [0.25, 0.3) is 0 Å². The summed E-state index contributed by atoms with van der Waals surface area (Å²) in [7, 11) is -4.19. The Morgan fingerprint density at radius 3 is 2.54 bits per heavy atom. The Labute approximate surface area is 136 Å². The number of amides is 2. The monoisotopic (exact) mass is 360 g/mol. The molecular weight excluding hydrogens is 344 g/mol. The van der Waals surface area contributed by atoms with E-state index in [0.717, 1.165) is 0 Å². The lowest BCUT2D eigenvalue weighted by molar-refractivity contribution is -0.152. The van der Waals surface area contributed by atoms with E-state index in [1.165, 1.54) is 12.4 Å². The quantitative estimate of drug-likeness (QED) is 0.337. The highest BCUT2D eigenvalue weighted by atomic mass is 32.2. The predicted molar refractivity (Wildman–Crippen MR) is 79.9 cm³/mol. The number of rotatable bonds is 5. The number of fused-ring (bicyclic) bond motifs is 1. The van der Waals surface area contributed by atoms with Crippen LogP contribution in [-0.4, -0.2) is 60.0 Å². The second-order valence-electron chi connectivity index (χ2n) is 5.66. The summed E-state index contributed by atoms with van der Waals surface area (Å²) >= 11 is 0. The third kappa shape index (κ3) is 3.02. The summed E-state index contributed by atoms with van der Waals surface area (Å²) in [6.07, 6.45) is 0.577. The van der Waals surface area contributed by atoms with Crippen LogP contribution in [0.5, 0.6) is 0 Å². The van der Waals surface area contributed by atoms with Crippen molar-refractivity contribution in [2.75, 3.05) is 5.75 Å². The highest BCUT2D eigenvalue weighted by molar-refractivity contribution is 7.89. The van der Waals surface area contributed by atoms with Crippen molar-refractivity contribution >= 4 is 34.0 Å². The summed E-state index contributed by atoms with van der Waals surface area (Å²) < 4.78 is 22.0. The topological polar surface area (TPSA) is 202 Å². The molecule has 12 heteroatoms. The first kappa shape index (κ1) is 18.0. The zero-order valence-electron chi connectivity index (χ0n) is 12.2. The summed E-state index contributed by atoms with van der Waals surface area (Å²) in [5.41, 5.74) is 3.00. The molecule has 7 N–H and O–H groups in total. The second-order valence-corrected chi connectivity index (χ2v) is 7.27. The molecular formula is C12H16N4O7S. The number of carboxylic acids is 1. The molecule has 1 fully saturated rings. The van der Waals surface area contributed by atoms with Gasteiger partial charge in [-0.05, 0) is 6.42 Å². The predicted octanol–water partition coefficient (Wildman–Crippen LogP) is -3.33. The Bertz CT molecular complexity index is 759. The number of hydrogen-bond donors (Lipinski definition) is 5. The Morgan fingerprint density at radius 1 is 1.42 bits per heavy atom. The van der Waals surface area contributed by atoms with E-state index in [9.17, 15) is 33.0 Å². The van der Waals surface area contributed by atoms with E-state index in [1.54, 1.807) is 0 Å². The normalized spacial score (nSPS) is 31.9. The molecule has 0 aromatic heterocycles. The van der Waals surface area contributed by atoms with Crippen LogP contribution in [-0.2, 0) is 24.4 Å². The average molecular weight is 360 g/mol. The van der Waals surface area contributed by atoms with Crippen molar-refractivity contribution < 1.29 is 33.0 Å². The maximum Gasteiger partial charge on any atom is 0.332 e. The lowest BCUT2D eigenvalue weighted by Crippen LogP contribution is -2.65. The number of hydrogen-bond acceptors (Lipinski definition) is 7. The lowest BCUT2D eigenvalue weighted by atomic mass is 9.79. The third-order valence-corrected chi connectivity index (χ3v) is 4.80. The number of carbonyl (C=O) groups is 3. The van der Waals surface area contributed by atoms with Gasteiger partial charge in [-0.15, -0.1) is 0 Å². The molecule has 1 heterocycles. The summed E-state index contributed by atoms with van der Waals surface area (Å²) in [6.45, 7) is 0. The largest absolute Gasteiger partial charge is 0.479 e. The van der Waals surface area contributed by atoms with Gasteiger partial charge in [0.05, 0.1) is 6.10 Å². The van der Waals surface area contributed by atoms with E-state index in [-0.39, 0.29) is 12.0 Å². The zero-order valence-corrected chi connectivity index (χ0v) is 13.1. The van der Waals surface area contributed by atoms with Crippen molar-refractivity contribution in [3.8, 4) is 0 Å². The molecule has 0 aromatic rings. The van der Waals surface area contributed by atoms with Crippen LogP contribution in [0.1, 0.15) is 6.42 Å². The van der Waals surface area contributed by atoms with Gasteiger partial charge in [-0.2, -0.15) is 0 Å². The molecule has 132 valence electrons. The first-order valence-electron chi connectivity index (χ1n) is 6.75. The molecule has 2 amide bonds. The van der Waals surface area contributed by atoms with Crippen LogP contribution >= 0.6 is 0 Å². The van der Waals surface area contributed by atoms with Gasteiger partial charge >= 0.3 is 5.97 Å². The number of aliphatic imine (C=N–C) groups is 1. The van der Waals surface area contributed by atoms with Gasteiger partial charge in [0.15, 0.2) is 5.54 Å². The minimum atomic E-state index is -4.19. The molecule has 0 spiro atoms. The van der Waals surface area contributed by atoms with E-state index in [4.69, 9.17) is 10.9 Å². The molecule has 24 heavy (non-hydrogen) atoms. The molecule has 0 saturated heterocycles. The number of nitrogens with one attached hydrogen (secondary N) is 1. The van der Waals surface area contributed by atoms with Crippen molar-refractivity contribution in [3.63, 3.8) is 0 Å². The highest BCUT2D eigenvalue weighted by Crippen LogP contribution is 2.45. The lowest BCUT2D eigenvalue weighted by Gasteiger charge is -2.35. The fourth-order valence-corrected chi connectivity index (χ4v) is 3.60. The van der Waals surface area contributed by atoms with Crippen LogP contribution in [0.2, 0.25) is 0 Å². The van der Waals surface area contributed by atoms with Crippen molar-refractivity contribution in [2.24, 2.45) is 27.7 Å². The standard InChI is InChI=1S/C12H16N4O7S/c13-10(19)6-2-15-3-7-5(6)1-8(17)12(7,11(20)21)16-9(18)4-24(14,22)23/h2-3,5,7-8,17H,1,4H2,(H2,13,19)(H,16,18)(H,20,21)(H2,14,22,23)/t5-,7+,8-,12+/m0/s1. The minimum Gasteiger partial charge on any atom is -0.479 e. The Morgan fingerprint density at radius 2 is 2.04 bits per heavy atom. The number of aliphatic hydroxyl groups excluding tert-OH is 1. The Kier molecular flexibility index (Phi) is 4.48. The second kappa shape index (κ2) is 5.96. The molecule has 4 atom stereocenters. The van der Waals surface area contributed by atoms with E-state index in [1.807, 2.05) is 5.32 Å². The number of nitrogens with two attached hydrogens (primary N) is 2. The van der Waals surface area contributed by atoms with Crippen molar-refractivity contribution in [2.45, 2.75) is 18.1 Å². The van der Waals surface area contributed by atoms with Crippen molar-refractivity contribution in [1.29, 1.82) is 0 Å². The van der Waals surface area contributed by atoms with E-state index in [2.05, 4.69) is 4.99 Å². The number of carboxylic acid groups (broad SMARTS) is 1. The fraction of sp³-hybridized carbons (Fsp3) is 0.500. The number of sulfonamides is 1. The maximum absolute atomic E-state index is 11.9. The molecule has 1 aliphatic heterocycles. The summed E-state index contributed by atoms with van der Waals surface area (Å²) in [5, 5.41) is 26.7. The summed E-state index contributed by atoms with van der Waals surface area (Å²) in [5.74, 6) is -6.62. The van der Waals surface area contributed by atoms with Gasteiger partial charge in [0.1, 0.15) is 5.75 Å². The smallest absolute Gasteiger partial charge is 0.332 e. The van der Waals surface area contributed by atoms with Gasteiger partial charge in [0, 0.05) is 29.8 Å². The highest BCUT2D eigenvalue weighted by Gasteiger charge is 2.62. The molecule has 11 nitrogen and oxygen atoms in total. The van der Waals surface area contributed by atoms with Crippen LogP contribution < -0.4 is 16.2 Å². The van der Waals surface area contributed by atoms with Crippen LogP contribution in [0.4, 0.5) is 0 Å². The van der Waals surface area contributed by atoms with Gasteiger partial charge in [0.25, 0.3) is 0 Å². The number of carbonyl (C=O) groups excluding carboxylic acids is 2. The number of nitrogens with zero attached hydrogens (tertiary/aromatic N) is 1. The first-order chi connectivity index (χ1) is 11.0. The van der Waals surface area contributed by atoms with Gasteiger partial charge in [-0.3, -0.25) is 14.6 Å². The van der Waals surface area contributed by atoms with Crippen molar-refractivity contribution in [1.82, 2.24) is 5.32 Å². The molecule has 2 rings (SSSR count). The molecule has 0 radical (unpaired) electrons. The molecule has 1 saturated carbocycles. The zero-order chi connectivity index (χ0) is 18.3. The number of aliphatic carboxylic acids is 1. The van der Waals surface area contributed by atoms with E-state index in [0.29, 0.717) is 0 Å². The van der Waals surface area contributed by atoms with Crippen LogP contribution in [0.3, 0.4) is 0 Å². The molecule has 0 aromatic carbocycles. The van der Waals surface area contributed by atoms with E-state index < -0.39 is 57.0 Å². The molecule has 0 bridgehead atoms. The summed E-state index contributed by atoms with van der Waals surface area (Å²) in [4.78, 5) is 38.9. The van der Waals surface area contributed by atoms with E-state index >= 15 is 0 Å². The number of aliphatic hydroxyl groups is 1. The SMILES string of the molecule is NC(=O)C1=CN=C[C@@H]2[C@H]1C[C@H](O)[C@@]2(NC(=O)CS(N)(=O)=O)C(=O)O.